The summed E-state index contributed by atoms with van der Waals surface area (Å²) in [6.45, 7) is 1.84. The molecule has 0 fully saturated rings. The van der Waals surface area contributed by atoms with Crippen LogP contribution in [0.4, 0.5) is 0 Å². The van der Waals surface area contributed by atoms with Crippen molar-refractivity contribution < 1.29 is 19.7 Å². The minimum atomic E-state index is -1.48. The number of aliphatic hydroxyl groups excluding tert-OH is 1. The van der Waals surface area contributed by atoms with Crippen molar-refractivity contribution in [2.45, 2.75) is 38.7 Å². The summed E-state index contributed by atoms with van der Waals surface area (Å²) in [6.07, 6.45) is 2.11. The summed E-state index contributed by atoms with van der Waals surface area (Å²) in [5, 5.41) is 20.3. The molecule has 0 aliphatic heterocycles. The molecular formula is C14H17ClO4. The minimum Gasteiger partial charge on any atom is -0.506 e. The zero-order valence-electron chi connectivity index (χ0n) is 10.8. The maximum atomic E-state index is 11.7. The number of fused-ring (bicyclic) bond motifs is 1. The van der Waals surface area contributed by atoms with Crippen molar-refractivity contribution in [2.75, 3.05) is 6.61 Å². The summed E-state index contributed by atoms with van der Waals surface area (Å²) in [5.74, 6) is -0.976. The van der Waals surface area contributed by atoms with Crippen molar-refractivity contribution >= 4 is 17.6 Å². The maximum absolute atomic E-state index is 11.7. The van der Waals surface area contributed by atoms with E-state index >= 15 is 0 Å². The lowest BCUT2D eigenvalue weighted by Crippen LogP contribution is -2.19. The van der Waals surface area contributed by atoms with E-state index in [4.69, 9.17) is 16.3 Å². The van der Waals surface area contributed by atoms with E-state index in [0.29, 0.717) is 0 Å². The average Bonchev–Trinajstić information content (AvgIpc) is 2.40. The number of hydrogen-bond donors (Lipinski definition) is 2. The third kappa shape index (κ3) is 2.69. The largest absolute Gasteiger partial charge is 0.506 e. The van der Waals surface area contributed by atoms with Gasteiger partial charge in [0, 0.05) is 5.56 Å². The van der Waals surface area contributed by atoms with Crippen molar-refractivity contribution in [1.82, 2.24) is 0 Å². The fraction of sp³-hybridized carbons (Fsp3) is 0.500. The van der Waals surface area contributed by atoms with Crippen molar-refractivity contribution in [1.29, 1.82) is 0 Å². The van der Waals surface area contributed by atoms with Crippen LogP contribution in [0.3, 0.4) is 0 Å². The van der Waals surface area contributed by atoms with Gasteiger partial charge >= 0.3 is 5.97 Å². The molecule has 5 heteroatoms. The number of halogens is 1. The topological polar surface area (TPSA) is 66.8 Å². The summed E-state index contributed by atoms with van der Waals surface area (Å²) in [4.78, 5) is 11.7. The van der Waals surface area contributed by atoms with Gasteiger partial charge in [-0.3, -0.25) is 0 Å². The average molecular weight is 285 g/mol. The Kier molecular flexibility index (Phi) is 4.32. The minimum absolute atomic E-state index is 0.166. The molecule has 0 bridgehead atoms. The molecule has 1 aliphatic rings. The Morgan fingerprint density at radius 2 is 2.16 bits per heavy atom. The number of phenolic OH excluding ortho intramolecular Hbond substituents is 1. The van der Waals surface area contributed by atoms with Crippen LogP contribution in [0.2, 0.25) is 5.02 Å². The Balaban J connectivity index is 2.48. The smallest absolute Gasteiger partial charge is 0.339 e. The predicted molar refractivity (Wildman–Crippen MR) is 71.4 cm³/mol. The fourth-order valence-corrected chi connectivity index (χ4v) is 2.76. The van der Waals surface area contributed by atoms with E-state index in [-0.39, 0.29) is 22.9 Å². The van der Waals surface area contributed by atoms with Gasteiger partial charge in [0.05, 0.1) is 11.6 Å². The molecule has 0 aromatic heterocycles. The zero-order valence-corrected chi connectivity index (χ0v) is 11.5. The van der Waals surface area contributed by atoms with Gasteiger partial charge in [0.2, 0.25) is 0 Å². The Morgan fingerprint density at radius 1 is 1.47 bits per heavy atom. The quantitative estimate of drug-likeness (QED) is 0.837. The van der Waals surface area contributed by atoms with Gasteiger partial charge in [-0.05, 0) is 49.8 Å². The Hall–Kier alpha value is -1.26. The third-order valence-corrected chi connectivity index (χ3v) is 3.69. The second kappa shape index (κ2) is 5.80. The van der Waals surface area contributed by atoms with E-state index in [2.05, 4.69) is 0 Å². The number of ether oxygens (including phenoxy) is 1. The lowest BCUT2D eigenvalue weighted by atomic mass is 9.86. The fourth-order valence-electron chi connectivity index (χ4n) is 2.52. The molecule has 1 atom stereocenters. The number of aryl methyl sites for hydroxylation is 1. The first-order chi connectivity index (χ1) is 9.06. The van der Waals surface area contributed by atoms with Crippen molar-refractivity contribution in [3.8, 4) is 5.75 Å². The van der Waals surface area contributed by atoms with E-state index in [0.717, 1.165) is 36.8 Å². The summed E-state index contributed by atoms with van der Waals surface area (Å²) >= 11 is 5.96. The van der Waals surface area contributed by atoms with E-state index in [1.807, 2.05) is 0 Å². The lowest BCUT2D eigenvalue weighted by Gasteiger charge is -2.23. The maximum Gasteiger partial charge on any atom is 0.339 e. The number of carbonyl (C=O) groups is 1. The SMILES string of the molecule is CCOC(=O)C(O)c1c(O)c(Cl)cc2c1CCCC2. The van der Waals surface area contributed by atoms with Crippen LogP contribution in [0, 0.1) is 0 Å². The summed E-state index contributed by atoms with van der Waals surface area (Å²) in [5.41, 5.74) is 2.03. The van der Waals surface area contributed by atoms with Crippen molar-refractivity contribution in [2.24, 2.45) is 0 Å². The van der Waals surface area contributed by atoms with E-state index in [9.17, 15) is 15.0 Å². The van der Waals surface area contributed by atoms with E-state index in [1.165, 1.54) is 0 Å². The van der Waals surface area contributed by atoms with Gasteiger partial charge in [-0.1, -0.05) is 11.6 Å². The second-order valence-electron chi connectivity index (χ2n) is 4.62. The highest BCUT2D eigenvalue weighted by molar-refractivity contribution is 6.32. The van der Waals surface area contributed by atoms with Crippen LogP contribution in [0.25, 0.3) is 0 Å². The molecule has 0 radical (unpaired) electrons. The van der Waals surface area contributed by atoms with Gasteiger partial charge in [-0.15, -0.1) is 0 Å². The standard InChI is InChI=1S/C14H17ClO4/c1-2-19-14(18)13(17)11-9-6-4-3-5-8(9)7-10(15)12(11)16/h7,13,16-17H,2-6H2,1H3. The van der Waals surface area contributed by atoms with Crippen LogP contribution in [0.15, 0.2) is 6.07 Å². The number of carbonyl (C=O) groups excluding carboxylic acids is 1. The van der Waals surface area contributed by atoms with Crippen molar-refractivity contribution in [3.63, 3.8) is 0 Å². The lowest BCUT2D eigenvalue weighted by molar-refractivity contribution is -0.153. The molecule has 2 rings (SSSR count). The number of esters is 1. The Morgan fingerprint density at radius 3 is 2.84 bits per heavy atom. The van der Waals surface area contributed by atoms with Crippen LogP contribution < -0.4 is 0 Å². The third-order valence-electron chi connectivity index (χ3n) is 3.40. The molecule has 2 N–H and O–H groups in total. The normalized spacial score (nSPS) is 15.7. The van der Waals surface area contributed by atoms with Gasteiger partial charge in [-0.2, -0.15) is 0 Å². The van der Waals surface area contributed by atoms with Gasteiger partial charge in [0.25, 0.3) is 0 Å². The van der Waals surface area contributed by atoms with Crippen molar-refractivity contribution in [3.05, 3.63) is 27.8 Å². The molecule has 0 amide bonds. The van der Waals surface area contributed by atoms with Gasteiger partial charge in [-0.25, -0.2) is 4.79 Å². The van der Waals surface area contributed by atoms with Gasteiger partial charge < -0.3 is 14.9 Å². The first-order valence-corrected chi connectivity index (χ1v) is 6.81. The summed E-state index contributed by atoms with van der Waals surface area (Å²) < 4.78 is 4.80. The van der Waals surface area contributed by atoms with E-state index < -0.39 is 12.1 Å². The van der Waals surface area contributed by atoms with E-state index in [1.54, 1.807) is 13.0 Å². The number of benzene rings is 1. The summed E-state index contributed by atoms with van der Waals surface area (Å²) in [6, 6.07) is 1.72. The molecule has 0 heterocycles. The van der Waals surface area contributed by atoms with Gasteiger partial charge in [0.1, 0.15) is 5.75 Å². The number of phenols is 1. The highest BCUT2D eigenvalue weighted by atomic mass is 35.5. The molecule has 1 unspecified atom stereocenters. The highest BCUT2D eigenvalue weighted by Crippen LogP contribution is 2.40. The summed E-state index contributed by atoms with van der Waals surface area (Å²) in [7, 11) is 0. The first kappa shape index (κ1) is 14.2. The molecule has 104 valence electrons. The molecule has 1 aromatic carbocycles. The zero-order chi connectivity index (χ0) is 14.0. The highest BCUT2D eigenvalue weighted by Gasteiger charge is 2.29. The van der Waals surface area contributed by atoms with Crippen LogP contribution in [0.5, 0.6) is 5.75 Å². The number of rotatable bonds is 3. The Bertz CT molecular complexity index is 499. The molecule has 19 heavy (non-hydrogen) atoms. The van der Waals surface area contributed by atoms with Gasteiger partial charge in [0.15, 0.2) is 6.10 Å². The number of aliphatic hydroxyl groups is 1. The molecule has 1 aliphatic carbocycles. The Labute approximate surface area is 117 Å². The monoisotopic (exact) mass is 284 g/mol. The van der Waals surface area contributed by atoms with Crippen LogP contribution >= 0.6 is 11.6 Å². The van der Waals surface area contributed by atoms with Crippen LogP contribution in [-0.4, -0.2) is 22.8 Å². The predicted octanol–water partition coefficient (Wildman–Crippen LogP) is 2.52. The molecular weight excluding hydrogens is 268 g/mol. The molecule has 0 saturated carbocycles. The molecule has 1 aromatic rings. The number of aromatic hydroxyl groups is 1. The number of hydrogen-bond acceptors (Lipinski definition) is 4. The van der Waals surface area contributed by atoms with Crippen LogP contribution in [0.1, 0.15) is 42.6 Å². The molecule has 0 spiro atoms. The van der Waals surface area contributed by atoms with Crippen LogP contribution in [-0.2, 0) is 22.4 Å². The second-order valence-corrected chi connectivity index (χ2v) is 5.03. The molecule has 0 saturated heterocycles. The first-order valence-electron chi connectivity index (χ1n) is 6.44. The molecule has 4 nitrogen and oxygen atoms in total.